The molecule has 78 heavy (non-hydrogen) atoms. The van der Waals surface area contributed by atoms with Crippen molar-refractivity contribution in [3.05, 3.63) is 12.2 Å². The van der Waals surface area contributed by atoms with Gasteiger partial charge in [0.25, 0.3) is 0 Å². The number of allylic oxidation sites excluding steroid dienone is 2. The van der Waals surface area contributed by atoms with Crippen LogP contribution in [0.3, 0.4) is 0 Å². The van der Waals surface area contributed by atoms with Gasteiger partial charge in [-0.2, -0.15) is 0 Å². The number of rotatable bonds is 67. The van der Waals surface area contributed by atoms with E-state index in [0.717, 1.165) is 64.2 Å². The van der Waals surface area contributed by atoms with E-state index in [1.165, 1.54) is 308 Å². The van der Waals surface area contributed by atoms with Gasteiger partial charge in [-0.1, -0.05) is 360 Å². The zero-order valence-electron chi connectivity index (χ0n) is 53.2. The molecule has 0 saturated carbocycles. The first kappa shape index (κ1) is 76.1. The van der Waals surface area contributed by atoms with Crippen molar-refractivity contribution in [3.8, 4) is 0 Å². The number of ether oxygens (including phenoxy) is 3. The summed E-state index contributed by atoms with van der Waals surface area (Å²) in [6.07, 6.45) is 81.7. The largest absolute Gasteiger partial charge is 0.462 e. The van der Waals surface area contributed by atoms with E-state index in [1.807, 2.05) is 0 Å². The molecule has 0 aromatic heterocycles. The quantitative estimate of drug-likeness (QED) is 0.0261. The summed E-state index contributed by atoms with van der Waals surface area (Å²) in [6.45, 7) is 6.64. The number of carbonyl (C=O) groups excluding carboxylic acids is 3. The summed E-state index contributed by atoms with van der Waals surface area (Å²) >= 11 is 0. The maximum atomic E-state index is 12.8. The fraction of sp³-hybridized carbons (Fsp3) is 0.931. The second-order valence-electron chi connectivity index (χ2n) is 24.5. The zero-order valence-corrected chi connectivity index (χ0v) is 53.2. The number of hydrogen-bond acceptors (Lipinski definition) is 6. The fourth-order valence-electron chi connectivity index (χ4n) is 11.2. The topological polar surface area (TPSA) is 78.9 Å². The van der Waals surface area contributed by atoms with Crippen LogP contribution in [0.15, 0.2) is 12.2 Å². The molecule has 0 aromatic rings. The van der Waals surface area contributed by atoms with Crippen molar-refractivity contribution in [2.24, 2.45) is 0 Å². The average molecular weight is 1100 g/mol. The summed E-state index contributed by atoms with van der Waals surface area (Å²) in [5.74, 6) is -0.846. The minimum absolute atomic E-state index is 0.0635. The van der Waals surface area contributed by atoms with Gasteiger partial charge < -0.3 is 14.2 Å². The minimum atomic E-state index is -0.762. The maximum absolute atomic E-state index is 12.8. The highest BCUT2D eigenvalue weighted by Gasteiger charge is 2.19. The molecule has 0 N–H and O–H groups in total. The van der Waals surface area contributed by atoms with Crippen molar-refractivity contribution in [2.45, 2.75) is 419 Å². The molecule has 0 aliphatic heterocycles. The molecule has 1 atom stereocenters. The monoisotopic (exact) mass is 1100 g/mol. The lowest BCUT2D eigenvalue weighted by molar-refractivity contribution is -0.167. The lowest BCUT2D eigenvalue weighted by Crippen LogP contribution is -2.30. The second kappa shape index (κ2) is 67.7. The van der Waals surface area contributed by atoms with E-state index in [-0.39, 0.29) is 31.1 Å². The van der Waals surface area contributed by atoms with Crippen LogP contribution in [0, 0.1) is 0 Å². The van der Waals surface area contributed by atoms with Crippen LogP contribution in [0.1, 0.15) is 412 Å². The summed E-state index contributed by atoms with van der Waals surface area (Å²) < 4.78 is 16.8. The first-order chi connectivity index (χ1) is 38.5. The molecule has 462 valence electrons. The van der Waals surface area contributed by atoms with Crippen LogP contribution in [0.5, 0.6) is 0 Å². The standard InChI is InChI=1S/C72H138O6/c1-4-7-10-13-15-17-19-21-23-25-27-29-31-32-33-34-35-36-37-38-39-40-41-43-44-46-48-50-52-54-56-59-62-65-71(74)77-68-69(67-76-70(73)64-61-58-12-9-6-3)78-72(75)66-63-60-57-55-53-51-49-47-45-42-30-28-26-24-22-20-18-16-14-11-8-5-2/h25,27,69H,4-24,26,28-68H2,1-3H3/b27-25-. The molecule has 6 nitrogen and oxygen atoms in total. The third kappa shape index (κ3) is 65.0. The Labute approximate surface area is 488 Å². The maximum Gasteiger partial charge on any atom is 0.306 e. The van der Waals surface area contributed by atoms with E-state index < -0.39 is 6.10 Å². The molecule has 1 unspecified atom stereocenters. The van der Waals surface area contributed by atoms with Crippen molar-refractivity contribution in [2.75, 3.05) is 13.2 Å². The molecule has 0 aromatic carbocycles. The summed E-state index contributed by atoms with van der Waals surface area (Å²) in [5.41, 5.74) is 0. The Morgan fingerprint density at radius 3 is 0.641 bits per heavy atom. The Bertz CT molecular complexity index is 1210. The van der Waals surface area contributed by atoms with Gasteiger partial charge in [0.1, 0.15) is 13.2 Å². The molecule has 0 heterocycles. The van der Waals surface area contributed by atoms with Gasteiger partial charge in [-0.15, -0.1) is 0 Å². The van der Waals surface area contributed by atoms with Crippen LogP contribution >= 0.6 is 0 Å². The lowest BCUT2D eigenvalue weighted by atomic mass is 10.0. The highest BCUT2D eigenvalue weighted by atomic mass is 16.6. The molecule has 0 bridgehead atoms. The van der Waals surface area contributed by atoms with E-state index in [1.54, 1.807) is 0 Å². The van der Waals surface area contributed by atoms with Gasteiger partial charge in [0.15, 0.2) is 6.10 Å². The van der Waals surface area contributed by atoms with Crippen LogP contribution in [-0.4, -0.2) is 37.2 Å². The van der Waals surface area contributed by atoms with E-state index in [9.17, 15) is 14.4 Å². The molecule has 0 aliphatic carbocycles. The number of esters is 3. The second-order valence-corrected chi connectivity index (χ2v) is 24.5. The van der Waals surface area contributed by atoms with Gasteiger partial charge in [-0.25, -0.2) is 0 Å². The van der Waals surface area contributed by atoms with Gasteiger partial charge in [0.2, 0.25) is 0 Å². The highest BCUT2D eigenvalue weighted by Crippen LogP contribution is 2.19. The van der Waals surface area contributed by atoms with Gasteiger partial charge in [0, 0.05) is 19.3 Å². The number of hydrogen-bond donors (Lipinski definition) is 0. The Hall–Kier alpha value is -1.85. The zero-order chi connectivity index (χ0) is 56.4. The first-order valence-electron chi connectivity index (χ1n) is 35.7. The van der Waals surface area contributed by atoms with Gasteiger partial charge in [-0.05, 0) is 44.9 Å². The van der Waals surface area contributed by atoms with Crippen molar-refractivity contribution in [3.63, 3.8) is 0 Å². The normalized spacial score (nSPS) is 12.0. The molecule has 0 radical (unpaired) electrons. The molecule has 0 rings (SSSR count). The molecule has 0 fully saturated rings. The third-order valence-corrected chi connectivity index (χ3v) is 16.5. The Morgan fingerprint density at radius 2 is 0.423 bits per heavy atom. The number of carbonyl (C=O) groups is 3. The summed E-state index contributed by atoms with van der Waals surface area (Å²) in [4.78, 5) is 38.0. The van der Waals surface area contributed by atoms with Crippen molar-refractivity contribution >= 4 is 17.9 Å². The lowest BCUT2D eigenvalue weighted by Gasteiger charge is -2.18. The molecule has 0 spiro atoms. The summed E-state index contributed by atoms with van der Waals surface area (Å²) in [5, 5.41) is 0. The van der Waals surface area contributed by atoms with Crippen LogP contribution in [0.2, 0.25) is 0 Å². The molecule has 0 aliphatic rings. The Kier molecular flexibility index (Phi) is 66.0. The Morgan fingerprint density at radius 1 is 0.244 bits per heavy atom. The van der Waals surface area contributed by atoms with Gasteiger partial charge >= 0.3 is 17.9 Å². The van der Waals surface area contributed by atoms with E-state index in [2.05, 4.69) is 32.9 Å². The van der Waals surface area contributed by atoms with Gasteiger partial charge in [0.05, 0.1) is 0 Å². The van der Waals surface area contributed by atoms with Crippen LogP contribution < -0.4 is 0 Å². The first-order valence-corrected chi connectivity index (χ1v) is 35.7. The summed E-state index contributed by atoms with van der Waals surface area (Å²) in [7, 11) is 0. The molecular formula is C72H138O6. The Balaban J connectivity index is 3.87. The van der Waals surface area contributed by atoms with Crippen LogP contribution in [-0.2, 0) is 28.6 Å². The third-order valence-electron chi connectivity index (χ3n) is 16.5. The van der Waals surface area contributed by atoms with Crippen LogP contribution in [0.25, 0.3) is 0 Å². The van der Waals surface area contributed by atoms with Crippen molar-refractivity contribution in [1.82, 2.24) is 0 Å². The molecular weight excluding hydrogens is 961 g/mol. The van der Waals surface area contributed by atoms with Crippen LogP contribution in [0.4, 0.5) is 0 Å². The predicted molar refractivity (Wildman–Crippen MR) is 340 cm³/mol. The smallest absolute Gasteiger partial charge is 0.306 e. The molecule has 0 saturated heterocycles. The molecule has 0 amide bonds. The van der Waals surface area contributed by atoms with E-state index in [4.69, 9.17) is 14.2 Å². The number of unbranched alkanes of at least 4 members (excludes halogenated alkanes) is 54. The van der Waals surface area contributed by atoms with E-state index in [0.29, 0.717) is 19.3 Å². The van der Waals surface area contributed by atoms with Gasteiger partial charge in [-0.3, -0.25) is 14.4 Å². The van der Waals surface area contributed by atoms with Crippen molar-refractivity contribution in [1.29, 1.82) is 0 Å². The fourth-order valence-corrected chi connectivity index (χ4v) is 11.2. The van der Waals surface area contributed by atoms with Crippen molar-refractivity contribution < 1.29 is 28.6 Å². The predicted octanol–water partition coefficient (Wildman–Crippen LogP) is 24.4. The SMILES string of the molecule is CCCCCCCCCC/C=C\CCCCCCCCCCCCCCCCCCCCCCCC(=O)OCC(COC(=O)CCCCCCC)OC(=O)CCCCCCCCCCCCCCCCCCCCCCCC. The summed E-state index contributed by atoms with van der Waals surface area (Å²) in [6, 6.07) is 0. The molecule has 6 heteroatoms. The minimum Gasteiger partial charge on any atom is -0.462 e. The average Bonchev–Trinajstić information content (AvgIpc) is 3.44. The van der Waals surface area contributed by atoms with E-state index >= 15 is 0 Å². The highest BCUT2D eigenvalue weighted by molar-refractivity contribution is 5.71.